The van der Waals surface area contributed by atoms with Gasteiger partial charge in [-0.2, -0.15) is 11.5 Å². The van der Waals surface area contributed by atoms with Crippen LogP contribution in [-0.4, -0.2) is 4.98 Å². The molecule has 0 aliphatic rings. The number of para-hydroxylation sites is 1. The molecule has 2 nitrogen and oxygen atoms in total. The summed E-state index contributed by atoms with van der Waals surface area (Å²) < 4.78 is 0. The van der Waals surface area contributed by atoms with Crippen LogP contribution in [0, 0.1) is 0 Å². The van der Waals surface area contributed by atoms with E-state index >= 15 is 0 Å². The fourth-order valence-corrected chi connectivity index (χ4v) is 1.05. The summed E-state index contributed by atoms with van der Waals surface area (Å²) in [4.78, 5) is 13.4. The number of nitrogens with one attached hydrogen (secondary N) is 1. The summed E-state index contributed by atoms with van der Waals surface area (Å²) in [5.41, 5.74) is 0.883. The average Bonchev–Trinajstić information content (AvgIpc) is 2.27. The van der Waals surface area contributed by atoms with E-state index in [0.717, 1.165) is 10.9 Å². The van der Waals surface area contributed by atoms with Gasteiger partial charge < -0.3 is 4.98 Å². The summed E-state index contributed by atoms with van der Waals surface area (Å²) in [7, 11) is 0. The zero-order chi connectivity index (χ0) is 6.97. The van der Waals surface area contributed by atoms with Gasteiger partial charge in [0.1, 0.15) is 0 Å². The summed E-state index contributed by atoms with van der Waals surface area (Å²) in [5.74, 6) is 0. The molecule has 1 heterocycles. The Hall–Kier alpha value is -0.336. The number of fused-ring (bicyclic) bond motifs is 1. The summed E-state index contributed by atoms with van der Waals surface area (Å²) in [6.45, 7) is 0. The number of H-pyrrole nitrogens is 1. The smallest absolute Gasteiger partial charge is 0.386 e. The zero-order valence-corrected chi connectivity index (χ0v) is 8.71. The maximum atomic E-state index is 10.7. The monoisotopic (exact) mass is 221 g/mol. The molecule has 0 radical (unpaired) electrons. The quantitative estimate of drug-likeness (QED) is 0.667. The molecule has 50 valence electrons. The number of benzene rings is 1. The van der Waals surface area contributed by atoms with Crippen molar-refractivity contribution in [1.29, 1.82) is 0 Å². The molecule has 0 saturated carbocycles. The van der Waals surface area contributed by atoms with Crippen molar-refractivity contribution >= 4 is 10.9 Å². The van der Waals surface area contributed by atoms with Gasteiger partial charge in [0, 0.05) is 0 Å². The van der Waals surface area contributed by atoms with Crippen LogP contribution in [0.2, 0.25) is 0 Å². The van der Waals surface area contributed by atoms with Gasteiger partial charge in [0.15, 0.2) is 5.56 Å². The fraction of sp³-hybridized carbons (Fsp3) is 0. The fourth-order valence-electron chi connectivity index (χ4n) is 1.05. The minimum absolute atomic E-state index is 0. The van der Waals surface area contributed by atoms with Crippen LogP contribution in [0.1, 0.15) is 0 Å². The van der Waals surface area contributed by atoms with Crippen molar-refractivity contribution in [2.24, 2.45) is 0 Å². The van der Waals surface area contributed by atoms with Gasteiger partial charge in [-0.25, -0.2) is 0 Å². The van der Waals surface area contributed by atoms with E-state index in [1.54, 1.807) is 6.07 Å². The predicted octanol–water partition coefficient (Wildman–Crippen LogP) is 1.24. The Kier molecular flexibility index (Phi) is 2.69. The molecular formula is C8H6NOY+2. The topological polar surface area (TPSA) is 32.9 Å². The van der Waals surface area contributed by atoms with Crippen molar-refractivity contribution in [3.8, 4) is 0 Å². The van der Waals surface area contributed by atoms with Gasteiger partial charge in [0.2, 0.25) is 0 Å². The Labute approximate surface area is 88.9 Å². The molecule has 0 amide bonds. The van der Waals surface area contributed by atoms with Crippen LogP contribution in [-0.2, 0) is 32.7 Å². The first-order chi connectivity index (χ1) is 4.86. The van der Waals surface area contributed by atoms with Crippen LogP contribution in [0.25, 0.3) is 10.9 Å². The first-order valence-electron chi connectivity index (χ1n) is 3.11. The maximum Gasteiger partial charge on any atom is 3.00 e. The number of aromatic nitrogens is 1. The van der Waals surface area contributed by atoms with E-state index in [0.29, 0.717) is 0 Å². The molecule has 0 bridgehead atoms. The molecule has 3 heteroatoms. The Morgan fingerprint density at radius 1 is 1.27 bits per heavy atom. The predicted molar refractivity (Wildman–Crippen MR) is 40.2 cm³/mol. The van der Waals surface area contributed by atoms with Crippen LogP contribution < -0.4 is 5.56 Å². The number of hydrogen-bond acceptors (Lipinski definition) is 1. The van der Waals surface area contributed by atoms with Crippen LogP contribution >= 0.6 is 0 Å². The van der Waals surface area contributed by atoms with Crippen LogP contribution in [0.3, 0.4) is 0 Å². The molecule has 2 rings (SSSR count). The van der Waals surface area contributed by atoms with E-state index in [2.05, 4.69) is 4.98 Å². The third-order valence-corrected chi connectivity index (χ3v) is 1.51. The second-order valence-electron chi connectivity index (χ2n) is 2.22. The standard InChI is InChI=1S/C8H6NO.Y/c10-8-5-6-3-1-2-4-7(6)9-8;/h1-5H,(H,9,10);/q-1;+3. The molecule has 0 aliphatic carbocycles. The molecule has 0 spiro atoms. The van der Waals surface area contributed by atoms with Crippen LogP contribution in [0.15, 0.2) is 35.1 Å². The maximum absolute atomic E-state index is 10.7. The minimum atomic E-state index is -0.0267. The van der Waals surface area contributed by atoms with E-state index in [9.17, 15) is 4.79 Å². The third-order valence-electron chi connectivity index (χ3n) is 1.51. The van der Waals surface area contributed by atoms with Gasteiger partial charge in [0.05, 0.1) is 0 Å². The first kappa shape index (κ1) is 8.76. The summed E-state index contributed by atoms with van der Waals surface area (Å²) in [5, 5.41) is 0.979. The Balaban J connectivity index is 0.000000605. The third kappa shape index (κ3) is 1.63. The summed E-state index contributed by atoms with van der Waals surface area (Å²) in [6, 6.07) is 9.20. The molecule has 1 aromatic carbocycles. The van der Waals surface area contributed by atoms with Crippen molar-refractivity contribution in [3.63, 3.8) is 0 Å². The second kappa shape index (κ2) is 3.37. The average molecular weight is 221 g/mol. The number of aromatic amines is 1. The first-order valence-corrected chi connectivity index (χ1v) is 3.11. The normalized spacial score (nSPS) is 9.45. The van der Waals surface area contributed by atoms with E-state index in [-0.39, 0.29) is 38.3 Å². The largest absolute Gasteiger partial charge is 3.00 e. The van der Waals surface area contributed by atoms with Gasteiger partial charge in [-0.05, 0) is 0 Å². The Morgan fingerprint density at radius 3 is 2.73 bits per heavy atom. The summed E-state index contributed by atoms with van der Waals surface area (Å²) in [6.07, 6.45) is 0. The molecule has 0 saturated heterocycles. The molecular weight excluding hydrogens is 215 g/mol. The van der Waals surface area contributed by atoms with Gasteiger partial charge in [-0.15, -0.1) is 6.07 Å². The van der Waals surface area contributed by atoms with E-state index in [1.165, 1.54) is 0 Å². The zero-order valence-electron chi connectivity index (χ0n) is 5.87. The van der Waals surface area contributed by atoms with Crippen LogP contribution in [0.5, 0.6) is 0 Å². The SMILES string of the molecule is O=c1[cH-]c2ccccc2[nH]1.[Y+3]. The molecule has 0 fully saturated rings. The molecule has 11 heavy (non-hydrogen) atoms. The van der Waals surface area contributed by atoms with Gasteiger partial charge in [0.25, 0.3) is 0 Å². The minimum Gasteiger partial charge on any atom is -0.386 e. The Bertz CT molecular complexity index is 365. The molecule has 2 aromatic rings. The van der Waals surface area contributed by atoms with E-state index < -0.39 is 0 Å². The van der Waals surface area contributed by atoms with Crippen LogP contribution in [0.4, 0.5) is 0 Å². The van der Waals surface area contributed by atoms with Gasteiger partial charge in [-0.1, -0.05) is 23.7 Å². The van der Waals surface area contributed by atoms with Crippen molar-refractivity contribution in [1.82, 2.24) is 4.98 Å². The number of hydrogen-bond donors (Lipinski definition) is 1. The van der Waals surface area contributed by atoms with Crippen molar-refractivity contribution in [3.05, 3.63) is 40.7 Å². The van der Waals surface area contributed by atoms with Crippen molar-refractivity contribution < 1.29 is 32.7 Å². The second-order valence-corrected chi connectivity index (χ2v) is 2.22. The van der Waals surface area contributed by atoms with Crippen molar-refractivity contribution in [2.75, 3.05) is 0 Å². The van der Waals surface area contributed by atoms with E-state index in [1.807, 2.05) is 24.3 Å². The molecule has 0 atom stereocenters. The molecule has 1 N–H and O–H groups in total. The molecule has 1 aromatic heterocycles. The molecule has 0 aliphatic heterocycles. The van der Waals surface area contributed by atoms with Crippen molar-refractivity contribution in [2.45, 2.75) is 0 Å². The summed E-state index contributed by atoms with van der Waals surface area (Å²) >= 11 is 0. The Morgan fingerprint density at radius 2 is 2.00 bits per heavy atom. The molecule has 0 unspecified atom stereocenters. The van der Waals surface area contributed by atoms with E-state index in [4.69, 9.17) is 0 Å². The van der Waals surface area contributed by atoms with Gasteiger partial charge >= 0.3 is 32.7 Å². The van der Waals surface area contributed by atoms with Gasteiger partial charge in [-0.3, -0.25) is 4.79 Å². The number of rotatable bonds is 0.